The van der Waals surface area contributed by atoms with E-state index in [0.29, 0.717) is 16.7 Å². The second-order valence-electron chi connectivity index (χ2n) is 7.68. The first kappa shape index (κ1) is 22.2. The quantitative estimate of drug-likeness (QED) is 0.391. The second-order valence-corrected chi connectivity index (χ2v) is 7.68. The van der Waals surface area contributed by atoms with Gasteiger partial charge in [-0.15, -0.1) is 10.2 Å². The molecule has 0 saturated heterocycles. The third kappa shape index (κ3) is 3.98. The van der Waals surface area contributed by atoms with E-state index in [1.807, 2.05) is 0 Å². The Bertz CT molecular complexity index is 1620. The number of nitrogens with one attached hydrogen (secondary N) is 2. The number of fused-ring (bicyclic) bond motifs is 3. The lowest BCUT2D eigenvalue weighted by atomic mass is 10.1. The average Bonchev–Trinajstić information content (AvgIpc) is 3.52. The van der Waals surface area contributed by atoms with Crippen LogP contribution in [0.5, 0.6) is 0 Å². The van der Waals surface area contributed by atoms with Gasteiger partial charge in [0.1, 0.15) is 0 Å². The second kappa shape index (κ2) is 8.31. The number of anilines is 2. The van der Waals surface area contributed by atoms with Crippen LogP contribution in [0.2, 0.25) is 0 Å². The van der Waals surface area contributed by atoms with Crippen molar-refractivity contribution in [3.05, 3.63) is 88.4 Å². The fourth-order valence-electron chi connectivity index (χ4n) is 3.79. The lowest BCUT2D eigenvalue weighted by molar-refractivity contribution is -0.136. The number of furan rings is 1. The minimum atomic E-state index is -4.70. The van der Waals surface area contributed by atoms with Crippen LogP contribution in [-0.4, -0.2) is 25.1 Å². The van der Waals surface area contributed by atoms with Crippen molar-refractivity contribution in [3.63, 3.8) is 0 Å². The van der Waals surface area contributed by atoms with Gasteiger partial charge in [-0.05, 0) is 42.5 Å². The Kier molecular flexibility index (Phi) is 5.27. The van der Waals surface area contributed by atoms with Gasteiger partial charge in [0.25, 0.3) is 11.5 Å². The van der Waals surface area contributed by atoms with Crippen molar-refractivity contribution in [1.82, 2.24) is 19.2 Å². The van der Waals surface area contributed by atoms with Crippen molar-refractivity contribution in [2.75, 3.05) is 10.6 Å². The van der Waals surface area contributed by atoms with Crippen LogP contribution in [0.3, 0.4) is 0 Å². The number of alkyl halides is 3. The maximum Gasteiger partial charge on any atom is 0.418 e. The summed E-state index contributed by atoms with van der Waals surface area (Å²) in [5, 5.41) is 13.7. The molecule has 2 aromatic carbocycles. The molecule has 178 valence electrons. The summed E-state index contributed by atoms with van der Waals surface area (Å²) < 4.78 is 49.4. The first-order chi connectivity index (χ1) is 16.7. The maximum atomic E-state index is 13.8. The molecule has 0 fully saturated rings. The van der Waals surface area contributed by atoms with Gasteiger partial charge in [-0.1, -0.05) is 12.1 Å². The molecule has 5 aromatic rings. The summed E-state index contributed by atoms with van der Waals surface area (Å²) in [6, 6.07) is 13.1. The Morgan fingerprint density at radius 3 is 2.63 bits per heavy atom. The van der Waals surface area contributed by atoms with Gasteiger partial charge in [-0.2, -0.15) is 13.2 Å². The van der Waals surface area contributed by atoms with Gasteiger partial charge in [0.15, 0.2) is 11.6 Å². The van der Waals surface area contributed by atoms with Crippen molar-refractivity contribution in [1.29, 1.82) is 0 Å². The number of carbonyl (C=O) groups excluding carboxylic acids is 1. The number of carbonyl (C=O) groups is 1. The molecule has 0 aliphatic heterocycles. The van der Waals surface area contributed by atoms with E-state index in [1.54, 1.807) is 35.7 Å². The number of rotatable bonds is 5. The Balaban J connectivity index is 1.48. The van der Waals surface area contributed by atoms with E-state index in [0.717, 1.165) is 6.07 Å². The number of benzene rings is 2. The molecule has 0 saturated carbocycles. The average molecular weight is 482 g/mol. The Hall–Kier alpha value is -4.61. The standard InChI is InChI=1S/C23H17F3N6O3/c1-31-21(34)14-5-2-3-6-17(14)32-19(29-30-22(31)32)12-27-16-9-8-13(11-15(16)23(24,25)26)28-20(33)18-7-4-10-35-18/h2-11,27H,12H2,1H3,(H,28,33). The van der Waals surface area contributed by atoms with Gasteiger partial charge in [0.05, 0.1) is 29.3 Å². The van der Waals surface area contributed by atoms with Crippen molar-refractivity contribution in [2.24, 2.45) is 7.05 Å². The normalized spacial score (nSPS) is 11.8. The van der Waals surface area contributed by atoms with E-state index in [4.69, 9.17) is 4.42 Å². The Labute approximate surface area is 194 Å². The molecule has 0 unspecified atom stereocenters. The third-order valence-electron chi connectivity index (χ3n) is 5.46. The van der Waals surface area contributed by atoms with Gasteiger partial charge < -0.3 is 15.1 Å². The topological polar surface area (TPSA) is 106 Å². The summed E-state index contributed by atoms with van der Waals surface area (Å²) in [4.78, 5) is 24.7. The summed E-state index contributed by atoms with van der Waals surface area (Å²) >= 11 is 0. The van der Waals surface area contributed by atoms with Crippen LogP contribution in [0.25, 0.3) is 16.7 Å². The molecule has 9 nitrogen and oxygen atoms in total. The molecule has 3 aromatic heterocycles. The van der Waals surface area contributed by atoms with E-state index in [9.17, 15) is 22.8 Å². The minimum absolute atomic E-state index is 0.0268. The predicted octanol–water partition coefficient (Wildman–Crippen LogP) is 4.06. The highest BCUT2D eigenvalue weighted by molar-refractivity contribution is 6.02. The van der Waals surface area contributed by atoms with Crippen LogP contribution in [0.1, 0.15) is 21.9 Å². The molecule has 12 heteroatoms. The number of amides is 1. The first-order valence-corrected chi connectivity index (χ1v) is 10.4. The molecule has 5 rings (SSSR count). The van der Waals surface area contributed by atoms with Gasteiger partial charge in [-0.3, -0.25) is 18.6 Å². The van der Waals surface area contributed by atoms with Crippen LogP contribution < -0.4 is 16.2 Å². The number of hydrogen-bond donors (Lipinski definition) is 2. The Morgan fingerprint density at radius 1 is 1.09 bits per heavy atom. The monoisotopic (exact) mass is 482 g/mol. The summed E-state index contributed by atoms with van der Waals surface area (Å²) in [6.07, 6.45) is -3.41. The third-order valence-corrected chi connectivity index (χ3v) is 5.46. The number of nitrogens with zero attached hydrogens (tertiary/aromatic N) is 4. The number of hydrogen-bond acceptors (Lipinski definition) is 6. The maximum absolute atomic E-state index is 13.8. The van der Waals surface area contributed by atoms with E-state index in [1.165, 1.54) is 35.1 Å². The van der Waals surface area contributed by atoms with E-state index >= 15 is 0 Å². The molecule has 35 heavy (non-hydrogen) atoms. The van der Waals surface area contributed by atoms with Gasteiger partial charge >= 0.3 is 6.18 Å². The fraction of sp³-hybridized carbons (Fsp3) is 0.130. The van der Waals surface area contributed by atoms with Crippen LogP contribution in [0.15, 0.2) is 70.1 Å². The highest BCUT2D eigenvalue weighted by Gasteiger charge is 2.34. The molecular formula is C23H17F3N6O3. The van der Waals surface area contributed by atoms with Crippen molar-refractivity contribution >= 4 is 34.0 Å². The lowest BCUT2D eigenvalue weighted by Crippen LogP contribution is -2.20. The largest absolute Gasteiger partial charge is 0.459 e. The molecule has 1 amide bonds. The van der Waals surface area contributed by atoms with Gasteiger partial charge in [-0.25, -0.2) is 0 Å². The smallest absolute Gasteiger partial charge is 0.418 e. The number of aryl methyl sites for hydroxylation is 1. The zero-order chi connectivity index (χ0) is 24.7. The van der Waals surface area contributed by atoms with E-state index in [2.05, 4.69) is 20.8 Å². The number of para-hydroxylation sites is 1. The van der Waals surface area contributed by atoms with E-state index in [-0.39, 0.29) is 35.0 Å². The lowest BCUT2D eigenvalue weighted by Gasteiger charge is -2.16. The molecule has 0 atom stereocenters. The summed E-state index contributed by atoms with van der Waals surface area (Å²) in [7, 11) is 1.55. The molecule has 0 bridgehead atoms. The van der Waals surface area contributed by atoms with Gasteiger partial charge in [0.2, 0.25) is 5.78 Å². The number of halogens is 3. The van der Waals surface area contributed by atoms with Gasteiger partial charge in [0, 0.05) is 18.4 Å². The zero-order valence-electron chi connectivity index (χ0n) is 18.1. The molecule has 0 aliphatic carbocycles. The summed E-state index contributed by atoms with van der Waals surface area (Å²) in [6.45, 7) is -0.107. The highest BCUT2D eigenvalue weighted by atomic mass is 19.4. The van der Waals surface area contributed by atoms with Crippen molar-refractivity contribution in [3.8, 4) is 0 Å². The molecule has 3 heterocycles. The summed E-state index contributed by atoms with van der Waals surface area (Å²) in [5.74, 6) is -0.120. The van der Waals surface area contributed by atoms with Crippen LogP contribution in [0.4, 0.5) is 24.5 Å². The SMILES string of the molecule is Cn1c(=O)c2ccccc2n2c(CNc3ccc(NC(=O)c4ccco4)cc3C(F)(F)F)nnc12. The number of aromatic nitrogens is 4. The molecular weight excluding hydrogens is 465 g/mol. The first-order valence-electron chi connectivity index (χ1n) is 10.4. The highest BCUT2D eigenvalue weighted by Crippen LogP contribution is 2.37. The van der Waals surface area contributed by atoms with Crippen LogP contribution >= 0.6 is 0 Å². The van der Waals surface area contributed by atoms with Crippen LogP contribution in [0, 0.1) is 0 Å². The molecule has 0 radical (unpaired) electrons. The Morgan fingerprint density at radius 2 is 1.89 bits per heavy atom. The zero-order valence-corrected chi connectivity index (χ0v) is 18.1. The van der Waals surface area contributed by atoms with Crippen molar-refractivity contribution < 1.29 is 22.4 Å². The fourth-order valence-corrected chi connectivity index (χ4v) is 3.79. The molecule has 2 N–H and O–H groups in total. The molecule has 0 spiro atoms. The molecule has 0 aliphatic rings. The van der Waals surface area contributed by atoms with Crippen molar-refractivity contribution in [2.45, 2.75) is 12.7 Å². The predicted molar refractivity (Wildman–Crippen MR) is 121 cm³/mol. The minimum Gasteiger partial charge on any atom is -0.459 e. The van der Waals surface area contributed by atoms with E-state index < -0.39 is 17.6 Å². The summed E-state index contributed by atoms with van der Waals surface area (Å²) in [5.41, 5.74) is -0.940. The van der Waals surface area contributed by atoms with Crippen LogP contribution in [-0.2, 0) is 19.8 Å².